The average molecular weight is 320 g/mol. The second-order valence-corrected chi connectivity index (χ2v) is 5.60. The lowest BCUT2D eigenvalue weighted by Crippen LogP contribution is -2.12. The fourth-order valence-electron chi connectivity index (χ4n) is 2.29. The number of rotatable bonds is 2. The molecule has 2 N–H and O–H groups in total. The number of hydrogen-bond acceptors (Lipinski definition) is 3. The molecule has 19 heavy (non-hydrogen) atoms. The van der Waals surface area contributed by atoms with E-state index in [1.807, 2.05) is 12.1 Å². The van der Waals surface area contributed by atoms with Crippen LogP contribution in [0, 0.1) is 6.92 Å². The molecule has 1 unspecified atom stereocenters. The topological polar surface area (TPSA) is 41.5 Å². The van der Waals surface area contributed by atoms with Crippen molar-refractivity contribution in [3.63, 3.8) is 0 Å². The van der Waals surface area contributed by atoms with Crippen molar-refractivity contribution in [2.75, 3.05) is 11.9 Å². The van der Waals surface area contributed by atoms with Gasteiger partial charge in [-0.05, 0) is 42.8 Å². The van der Waals surface area contributed by atoms with E-state index in [0.717, 1.165) is 21.5 Å². The molecule has 3 nitrogen and oxygen atoms in total. The van der Waals surface area contributed by atoms with E-state index in [9.17, 15) is 5.11 Å². The fourth-order valence-corrected chi connectivity index (χ4v) is 2.77. The number of phenols is 1. The number of nitrogens with one attached hydrogen (secondary N) is 1. The van der Waals surface area contributed by atoms with E-state index in [-0.39, 0.29) is 11.8 Å². The van der Waals surface area contributed by atoms with Gasteiger partial charge in [0.15, 0.2) is 0 Å². The zero-order valence-electron chi connectivity index (χ0n) is 10.5. The number of phenolic OH excluding ortho intramolecular Hbond substituents is 1. The molecule has 0 saturated carbocycles. The van der Waals surface area contributed by atoms with Crippen molar-refractivity contribution in [1.82, 2.24) is 0 Å². The highest BCUT2D eigenvalue weighted by Gasteiger charge is 2.24. The van der Waals surface area contributed by atoms with Gasteiger partial charge in [0.1, 0.15) is 18.1 Å². The van der Waals surface area contributed by atoms with Gasteiger partial charge in [-0.15, -0.1) is 0 Å². The molecule has 0 radical (unpaired) electrons. The number of hydrogen-bond donors (Lipinski definition) is 2. The lowest BCUT2D eigenvalue weighted by Gasteiger charge is -2.15. The monoisotopic (exact) mass is 319 g/mol. The third-order valence-electron chi connectivity index (χ3n) is 3.30. The molecule has 0 spiro atoms. The predicted octanol–water partition coefficient (Wildman–Crippen LogP) is 4.01. The zero-order valence-corrected chi connectivity index (χ0v) is 12.1. The number of halogens is 1. The van der Waals surface area contributed by atoms with Gasteiger partial charge >= 0.3 is 0 Å². The molecule has 2 aromatic carbocycles. The Morgan fingerprint density at radius 3 is 2.89 bits per heavy atom. The molecule has 2 aromatic rings. The van der Waals surface area contributed by atoms with E-state index in [2.05, 4.69) is 40.3 Å². The number of aryl methyl sites for hydroxylation is 1. The second-order valence-electron chi connectivity index (χ2n) is 4.69. The molecule has 1 aliphatic rings. The molecule has 1 aliphatic heterocycles. The minimum absolute atomic E-state index is 0.121. The minimum Gasteiger partial charge on any atom is -0.508 e. The molecular formula is C15H14BrNO2. The summed E-state index contributed by atoms with van der Waals surface area (Å²) in [5, 5.41) is 12.9. The highest BCUT2D eigenvalue weighted by atomic mass is 79.9. The summed E-state index contributed by atoms with van der Waals surface area (Å²) in [5.74, 6) is 0.992. The van der Waals surface area contributed by atoms with Crippen LogP contribution in [0.5, 0.6) is 11.5 Å². The Morgan fingerprint density at radius 2 is 2.11 bits per heavy atom. The molecule has 0 fully saturated rings. The summed E-state index contributed by atoms with van der Waals surface area (Å²) in [7, 11) is 0. The van der Waals surface area contributed by atoms with Crippen LogP contribution in [-0.4, -0.2) is 11.7 Å². The van der Waals surface area contributed by atoms with E-state index in [1.54, 1.807) is 12.1 Å². The number of benzene rings is 2. The molecular weight excluding hydrogens is 306 g/mol. The lowest BCUT2D eigenvalue weighted by molar-refractivity contribution is 0.338. The Hall–Kier alpha value is -1.68. The quantitative estimate of drug-likeness (QED) is 0.878. The van der Waals surface area contributed by atoms with Crippen molar-refractivity contribution in [2.45, 2.75) is 13.0 Å². The SMILES string of the molecule is Cc1cc(Br)ccc1NC1COc2cc(O)ccc21. The average Bonchev–Trinajstić information content (AvgIpc) is 2.75. The Labute approximate surface area is 120 Å². The van der Waals surface area contributed by atoms with Crippen LogP contribution < -0.4 is 10.1 Å². The van der Waals surface area contributed by atoms with Crippen LogP contribution in [0.15, 0.2) is 40.9 Å². The zero-order chi connectivity index (χ0) is 13.4. The molecule has 3 rings (SSSR count). The van der Waals surface area contributed by atoms with Gasteiger partial charge in [0.05, 0.1) is 6.04 Å². The minimum atomic E-state index is 0.121. The summed E-state index contributed by atoms with van der Waals surface area (Å²) in [6, 6.07) is 11.5. The van der Waals surface area contributed by atoms with Gasteiger partial charge < -0.3 is 15.2 Å². The van der Waals surface area contributed by atoms with Crippen LogP contribution in [0.1, 0.15) is 17.2 Å². The Balaban J connectivity index is 1.86. The maximum absolute atomic E-state index is 9.44. The van der Waals surface area contributed by atoms with Crippen LogP contribution in [0.3, 0.4) is 0 Å². The van der Waals surface area contributed by atoms with Gasteiger partial charge in [0.2, 0.25) is 0 Å². The van der Waals surface area contributed by atoms with Crippen LogP contribution in [0.2, 0.25) is 0 Å². The first-order chi connectivity index (χ1) is 9.13. The van der Waals surface area contributed by atoms with E-state index >= 15 is 0 Å². The van der Waals surface area contributed by atoms with Gasteiger partial charge in [-0.2, -0.15) is 0 Å². The molecule has 0 aliphatic carbocycles. The summed E-state index contributed by atoms with van der Waals surface area (Å²) < 4.78 is 6.67. The first kappa shape index (κ1) is 12.4. The molecule has 1 atom stereocenters. The second kappa shape index (κ2) is 4.78. The van der Waals surface area contributed by atoms with Crippen LogP contribution >= 0.6 is 15.9 Å². The summed E-state index contributed by atoms with van der Waals surface area (Å²) in [6.07, 6.45) is 0. The van der Waals surface area contributed by atoms with Crippen molar-refractivity contribution in [2.24, 2.45) is 0 Å². The number of anilines is 1. The smallest absolute Gasteiger partial charge is 0.128 e. The first-order valence-corrected chi connectivity index (χ1v) is 6.91. The standard InChI is InChI=1S/C15H14BrNO2/c1-9-6-10(16)2-5-13(9)17-14-8-19-15-7-11(18)3-4-12(14)15/h2-7,14,17-18H,8H2,1H3. The Bertz CT molecular complexity index is 628. The third kappa shape index (κ3) is 2.40. The summed E-state index contributed by atoms with van der Waals surface area (Å²) in [6.45, 7) is 2.65. The van der Waals surface area contributed by atoms with Crippen LogP contribution in [0.25, 0.3) is 0 Å². The van der Waals surface area contributed by atoms with Gasteiger partial charge in [-0.3, -0.25) is 0 Å². The van der Waals surface area contributed by atoms with Gasteiger partial charge in [-0.1, -0.05) is 15.9 Å². The Morgan fingerprint density at radius 1 is 1.26 bits per heavy atom. The van der Waals surface area contributed by atoms with Crippen LogP contribution in [0.4, 0.5) is 5.69 Å². The Kier molecular flexibility index (Phi) is 3.11. The maximum atomic E-state index is 9.44. The lowest BCUT2D eigenvalue weighted by atomic mass is 10.1. The molecule has 0 bridgehead atoms. The molecule has 0 aromatic heterocycles. The molecule has 1 heterocycles. The summed E-state index contributed by atoms with van der Waals surface area (Å²) in [4.78, 5) is 0. The van der Waals surface area contributed by atoms with Crippen molar-refractivity contribution in [3.05, 3.63) is 52.0 Å². The van der Waals surface area contributed by atoms with E-state index in [1.165, 1.54) is 5.56 Å². The fraction of sp³-hybridized carbons (Fsp3) is 0.200. The largest absolute Gasteiger partial charge is 0.508 e. The predicted molar refractivity (Wildman–Crippen MR) is 78.8 cm³/mol. The normalized spacial score (nSPS) is 16.8. The number of fused-ring (bicyclic) bond motifs is 1. The number of aromatic hydroxyl groups is 1. The highest BCUT2D eigenvalue weighted by molar-refractivity contribution is 9.10. The van der Waals surface area contributed by atoms with E-state index in [0.29, 0.717) is 6.61 Å². The van der Waals surface area contributed by atoms with Crippen LogP contribution in [-0.2, 0) is 0 Å². The first-order valence-electron chi connectivity index (χ1n) is 6.12. The van der Waals surface area contributed by atoms with Crippen molar-refractivity contribution >= 4 is 21.6 Å². The number of ether oxygens (including phenoxy) is 1. The van der Waals surface area contributed by atoms with Gasteiger partial charge in [0, 0.05) is 21.8 Å². The van der Waals surface area contributed by atoms with Crippen molar-refractivity contribution in [3.8, 4) is 11.5 Å². The van der Waals surface area contributed by atoms with Crippen molar-refractivity contribution < 1.29 is 9.84 Å². The van der Waals surface area contributed by atoms with Crippen molar-refractivity contribution in [1.29, 1.82) is 0 Å². The van der Waals surface area contributed by atoms with E-state index in [4.69, 9.17) is 4.74 Å². The highest BCUT2D eigenvalue weighted by Crippen LogP contribution is 2.37. The molecule has 0 amide bonds. The summed E-state index contributed by atoms with van der Waals surface area (Å²) in [5.41, 5.74) is 3.36. The third-order valence-corrected chi connectivity index (χ3v) is 3.79. The molecule has 4 heteroatoms. The van der Waals surface area contributed by atoms with Gasteiger partial charge in [0.25, 0.3) is 0 Å². The maximum Gasteiger partial charge on any atom is 0.128 e. The van der Waals surface area contributed by atoms with E-state index < -0.39 is 0 Å². The van der Waals surface area contributed by atoms with Gasteiger partial charge in [-0.25, -0.2) is 0 Å². The molecule has 98 valence electrons. The summed E-state index contributed by atoms with van der Waals surface area (Å²) >= 11 is 3.46. The molecule has 0 saturated heterocycles.